The van der Waals surface area contributed by atoms with Crippen LogP contribution in [0.15, 0.2) is 0 Å². The van der Waals surface area contributed by atoms with Gasteiger partial charge < -0.3 is 15.3 Å². The molecule has 1 heterocycles. The number of rotatable bonds is 5. The maximum Gasteiger partial charge on any atom is 0.0515 e. The molecular weight excluding hydrogens is 188 g/mol. The van der Waals surface area contributed by atoms with Crippen molar-refractivity contribution in [2.24, 2.45) is 5.92 Å². The Hall–Kier alpha value is -0.120. The molecule has 0 amide bonds. The van der Waals surface area contributed by atoms with Crippen LogP contribution in [0, 0.1) is 5.92 Å². The predicted octanol–water partition coefficient (Wildman–Crippen LogP) is 1.08. The topological polar surface area (TPSA) is 35.5 Å². The summed E-state index contributed by atoms with van der Waals surface area (Å²) in [4.78, 5) is 2.40. The molecule has 1 rings (SSSR count). The molecule has 3 nitrogen and oxygen atoms in total. The van der Waals surface area contributed by atoms with Crippen LogP contribution in [-0.4, -0.2) is 48.3 Å². The molecule has 0 bridgehead atoms. The number of likely N-dealkylation sites (N-methyl/N-ethyl adjacent to an activating group) is 1. The fraction of sp³-hybridized carbons (Fsp3) is 1.00. The minimum Gasteiger partial charge on any atom is -0.393 e. The van der Waals surface area contributed by atoms with E-state index in [2.05, 4.69) is 31.1 Å². The highest BCUT2D eigenvalue weighted by atomic mass is 16.3. The maximum absolute atomic E-state index is 9.26. The summed E-state index contributed by atoms with van der Waals surface area (Å²) in [7, 11) is 2.19. The summed E-state index contributed by atoms with van der Waals surface area (Å²) < 4.78 is 0. The van der Waals surface area contributed by atoms with Crippen LogP contribution in [0.2, 0.25) is 0 Å². The molecule has 0 aromatic rings. The number of nitrogens with zero attached hydrogens (tertiary/aromatic N) is 1. The first-order valence-electron chi connectivity index (χ1n) is 6.10. The third-order valence-corrected chi connectivity index (χ3v) is 3.38. The fourth-order valence-corrected chi connectivity index (χ4v) is 2.38. The molecule has 1 saturated heterocycles. The lowest BCUT2D eigenvalue weighted by Gasteiger charge is -2.18. The van der Waals surface area contributed by atoms with Gasteiger partial charge in [0, 0.05) is 18.6 Å². The van der Waals surface area contributed by atoms with Crippen LogP contribution in [0.25, 0.3) is 0 Å². The summed E-state index contributed by atoms with van der Waals surface area (Å²) in [5.74, 6) is 0.561. The monoisotopic (exact) mass is 214 g/mol. The van der Waals surface area contributed by atoms with E-state index in [9.17, 15) is 5.11 Å². The van der Waals surface area contributed by atoms with Crippen LogP contribution in [0.1, 0.15) is 33.6 Å². The lowest BCUT2D eigenvalue weighted by atomic mass is 10.0. The van der Waals surface area contributed by atoms with Crippen molar-refractivity contribution in [3.63, 3.8) is 0 Å². The zero-order valence-electron chi connectivity index (χ0n) is 10.5. The van der Waals surface area contributed by atoms with Gasteiger partial charge in [-0.15, -0.1) is 0 Å². The number of likely N-dealkylation sites (tertiary alicyclic amines) is 1. The van der Waals surface area contributed by atoms with Gasteiger partial charge in [0.1, 0.15) is 0 Å². The molecule has 0 saturated carbocycles. The number of hydrogen-bond acceptors (Lipinski definition) is 3. The van der Waals surface area contributed by atoms with Gasteiger partial charge in [0.2, 0.25) is 0 Å². The third-order valence-electron chi connectivity index (χ3n) is 3.38. The van der Waals surface area contributed by atoms with Gasteiger partial charge in [0.05, 0.1) is 6.10 Å². The molecule has 2 N–H and O–H groups in total. The van der Waals surface area contributed by atoms with Crippen molar-refractivity contribution in [2.45, 2.75) is 51.8 Å². The van der Waals surface area contributed by atoms with Crippen molar-refractivity contribution >= 4 is 0 Å². The molecular formula is C12H26N2O. The molecule has 15 heavy (non-hydrogen) atoms. The molecule has 0 aromatic heterocycles. The number of aliphatic hydroxyl groups excluding tert-OH is 1. The van der Waals surface area contributed by atoms with E-state index in [-0.39, 0.29) is 6.10 Å². The lowest BCUT2D eigenvalue weighted by Crippen LogP contribution is -2.35. The predicted molar refractivity (Wildman–Crippen MR) is 64.0 cm³/mol. The molecule has 90 valence electrons. The minimum absolute atomic E-state index is 0.174. The van der Waals surface area contributed by atoms with Crippen molar-refractivity contribution in [3.8, 4) is 0 Å². The molecule has 1 aliphatic heterocycles. The van der Waals surface area contributed by atoms with Gasteiger partial charge in [-0.05, 0) is 46.2 Å². The zero-order valence-corrected chi connectivity index (χ0v) is 10.5. The van der Waals surface area contributed by atoms with E-state index in [0.717, 1.165) is 19.5 Å². The van der Waals surface area contributed by atoms with E-state index in [1.54, 1.807) is 0 Å². The third kappa shape index (κ3) is 4.49. The van der Waals surface area contributed by atoms with E-state index < -0.39 is 0 Å². The van der Waals surface area contributed by atoms with Crippen molar-refractivity contribution in [2.75, 3.05) is 20.1 Å². The van der Waals surface area contributed by atoms with Gasteiger partial charge in [-0.2, -0.15) is 0 Å². The van der Waals surface area contributed by atoms with Gasteiger partial charge >= 0.3 is 0 Å². The Bertz CT molecular complexity index is 174. The van der Waals surface area contributed by atoms with Crippen LogP contribution in [0.4, 0.5) is 0 Å². The SMILES string of the molecule is CC(O)CC(C)CNC1CC(C)N(C)C1. The Morgan fingerprint density at radius 1 is 1.47 bits per heavy atom. The summed E-state index contributed by atoms with van der Waals surface area (Å²) in [6.45, 7) is 8.52. The Kier molecular flexibility index (Phi) is 5.03. The summed E-state index contributed by atoms with van der Waals surface area (Å²) in [5, 5.41) is 12.9. The number of nitrogens with one attached hydrogen (secondary N) is 1. The maximum atomic E-state index is 9.26. The normalized spacial score (nSPS) is 31.8. The van der Waals surface area contributed by atoms with E-state index in [0.29, 0.717) is 18.0 Å². The van der Waals surface area contributed by atoms with Crippen LogP contribution in [0.3, 0.4) is 0 Å². The van der Waals surface area contributed by atoms with Crippen LogP contribution < -0.4 is 5.32 Å². The minimum atomic E-state index is -0.174. The van der Waals surface area contributed by atoms with Gasteiger partial charge in [-0.3, -0.25) is 0 Å². The van der Waals surface area contributed by atoms with Gasteiger partial charge in [-0.1, -0.05) is 6.92 Å². The highest BCUT2D eigenvalue weighted by molar-refractivity contribution is 4.85. The van der Waals surface area contributed by atoms with Crippen molar-refractivity contribution < 1.29 is 5.11 Å². The average molecular weight is 214 g/mol. The van der Waals surface area contributed by atoms with Crippen LogP contribution in [-0.2, 0) is 0 Å². The van der Waals surface area contributed by atoms with E-state index in [4.69, 9.17) is 0 Å². The van der Waals surface area contributed by atoms with Crippen molar-refractivity contribution in [1.82, 2.24) is 10.2 Å². The Morgan fingerprint density at radius 2 is 2.13 bits per heavy atom. The first-order valence-corrected chi connectivity index (χ1v) is 6.10. The standard InChI is InChI=1S/C12H26N2O/c1-9(5-11(3)15)7-13-12-6-10(2)14(4)8-12/h9-13,15H,5-8H2,1-4H3. The fourth-order valence-electron chi connectivity index (χ4n) is 2.38. The molecule has 0 aliphatic carbocycles. The van der Waals surface area contributed by atoms with E-state index >= 15 is 0 Å². The summed E-state index contributed by atoms with van der Waals surface area (Å²) in [6, 6.07) is 1.34. The summed E-state index contributed by atoms with van der Waals surface area (Å²) in [5.41, 5.74) is 0. The molecule has 0 spiro atoms. The quantitative estimate of drug-likeness (QED) is 0.719. The number of aliphatic hydroxyl groups is 1. The van der Waals surface area contributed by atoms with Crippen LogP contribution in [0.5, 0.6) is 0 Å². The molecule has 1 aliphatic rings. The largest absolute Gasteiger partial charge is 0.393 e. The van der Waals surface area contributed by atoms with E-state index in [1.807, 2.05) is 6.92 Å². The van der Waals surface area contributed by atoms with Crippen molar-refractivity contribution in [1.29, 1.82) is 0 Å². The zero-order chi connectivity index (χ0) is 11.4. The van der Waals surface area contributed by atoms with Gasteiger partial charge in [0.25, 0.3) is 0 Å². The Balaban J connectivity index is 2.15. The second kappa shape index (κ2) is 5.83. The molecule has 4 atom stereocenters. The second-order valence-corrected chi connectivity index (χ2v) is 5.32. The van der Waals surface area contributed by atoms with Crippen molar-refractivity contribution in [3.05, 3.63) is 0 Å². The summed E-state index contributed by atoms with van der Waals surface area (Å²) >= 11 is 0. The van der Waals surface area contributed by atoms with Crippen LogP contribution >= 0.6 is 0 Å². The number of hydrogen-bond donors (Lipinski definition) is 2. The second-order valence-electron chi connectivity index (χ2n) is 5.32. The smallest absolute Gasteiger partial charge is 0.0515 e. The molecule has 1 fully saturated rings. The first-order chi connectivity index (χ1) is 6.99. The molecule has 3 heteroatoms. The highest BCUT2D eigenvalue weighted by Crippen LogP contribution is 2.15. The van der Waals surface area contributed by atoms with Gasteiger partial charge in [-0.25, -0.2) is 0 Å². The Labute approximate surface area is 93.9 Å². The molecule has 0 aromatic carbocycles. The molecule has 4 unspecified atom stereocenters. The lowest BCUT2D eigenvalue weighted by molar-refractivity contribution is 0.162. The highest BCUT2D eigenvalue weighted by Gasteiger charge is 2.25. The Morgan fingerprint density at radius 3 is 2.60 bits per heavy atom. The molecule has 0 radical (unpaired) electrons. The van der Waals surface area contributed by atoms with Gasteiger partial charge in [0.15, 0.2) is 0 Å². The summed E-state index contributed by atoms with van der Waals surface area (Å²) in [6.07, 6.45) is 1.97. The first kappa shape index (κ1) is 12.9. The average Bonchev–Trinajstić information content (AvgIpc) is 2.42. The van der Waals surface area contributed by atoms with E-state index in [1.165, 1.54) is 6.42 Å².